The van der Waals surface area contributed by atoms with Crippen molar-refractivity contribution in [2.45, 2.75) is 5.16 Å². The highest BCUT2D eigenvalue weighted by Crippen LogP contribution is 2.23. The number of H-pyrrole nitrogens is 1. The molecule has 3 aromatic carbocycles. The SMILES string of the molecule is COc1ccc(-c2[nH]nc(SCC(=O)N/N=C/c3ccccc3OCC(=O)O)[n+]2-c2ccc(OC)cc2)cc1. The van der Waals surface area contributed by atoms with Gasteiger partial charge in [0.05, 0.1) is 36.8 Å². The molecule has 0 spiro atoms. The lowest BCUT2D eigenvalue weighted by molar-refractivity contribution is -0.625. The minimum Gasteiger partial charge on any atom is -0.497 e. The van der Waals surface area contributed by atoms with Crippen LogP contribution in [0.5, 0.6) is 17.2 Å². The maximum atomic E-state index is 12.6. The number of benzene rings is 3. The number of nitrogens with zero attached hydrogens (tertiary/aromatic N) is 3. The van der Waals surface area contributed by atoms with Crippen molar-refractivity contribution in [3.63, 3.8) is 0 Å². The molecule has 0 atom stereocenters. The first-order valence-corrected chi connectivity index (χ1v) is 12.6. The van der Waals surface area contributed by atoms with Crippen LogP contribution in [0.4, 0.5) is 0 Å². The van der Waals surface area contributed by atoms with E-state index in [4.69, 9.17) is 19.3 Å². The zero-order valence-corrected chi connectivity index (χ0v) is 22.0. The van der Waals surface area contributed by atoms with E-state index in [0.717, 1.165) is 28.6 Å². The Morgan fingerprint density at radius 3 is 2.36 bits per heavy atom. The van der Waals surface area contributed by atoms with Gasteiger partial charge in [-0.05, 0) is 72.4 Å². The highest BCUT2D eigenvalue weighted by molar-refractivity contribution is 7.99. The van der Waals surface area contributed by atoms with E-state index in [2.05, 4.69) is 20.7 Å². The molecule has 4 rings (SSSR count). The predicted octanol–water partition coefficient (Wildman–Crippen LogP) is 3.08. The van der Waals surface area contributed by atoms with E-state index in [9.17, 15) is 9.59 Å². The predicted molar refractivity (Wildman–Crippen MR) is 145 cm³/mol. The quantitative estimate of drug-likeness (QED) is 0.106. The Kier molecular flexibility index (Phi) is 9.14. The topological polar surface area (TPSA) is 139 Å². The molecule has 0 saturated carbocycles. The molecule has 0 bridgehead atoms. The second-order valence-electron chi connectivity index (χ2n) is 7.92. The molecule has 0 radical (unpaired) electrons. The number of carbonyl (C=O) groups is 2. The third-order valence-corrected chi connectivity index (χ3v) is 6.30. The number of aliphatic carboxylic acids is 1. The molecule has 0 fully saturated rings. The summed E-state index contributed by atoms with van der Waals surface area (Å²) in [4.78, 5) is 23.3. The molecule has 12 heteroatoms. The third-order valence-electron chi connectivity index (χ3n) is 5.36. The van der Waals surface area contributed by atoms with Crippen molar-refractivity contribution in [3.05, 3.63) is 78.4 Å². The number of aromatic amines is 1. The molecule has 0 aliphatic carbocycles. The molecule has 0 saturated heterocycles. The maximum absolute atomic E-state index is 12.6. The molecular formula is C27H26N5O6S+. The van der Waals surface area contributed by atoms with Crippen LogP contribution < -0.4 is 24.2 Å². The summed E-state index contributed by atoms with van der Waals surface area (Å²) in [6, 6.07) is 21.8. The van der Waals surface area contributed by atoms with E-state index in [1.807, 2.05) is 53.1 Å². The van der Waals surface area contributed by atoms with Gasteiger partial charge in [0.25, 0.3) is 11.7 Å². The molecule has 1 heterocycles. The average Bonchev–Trinajstić information content (AvgIpc) is 3.39. The number of thioether (sulfide) groups is 1. The van der Waals surface area contributed by atoms with Crippen molar-refractivity contribution in [2.75, 3.05) is 26.6 Å². The van der Waals surface area contributed by atoms with E-state index in [1.165, 1.54) is 18.0 Å². The number of amides is 1. The molecule has 0 unspecified atom stereocenters. The average molecular weight is 549 g/mol. The number of aromatic nitrogens is 3. The zero-order valence-electron chi connectivity index (χ0n) is 21.2. The van der Waals surface area contributed by atoms with Gasteiger partial charge in [-0.3, -0.25) is 4.79 Å². The van der Waals surface area contributed by atoms with Crippen LogP contribution in [0.1, 0.15) is 5.56 Å². The van der Waals surface area contributed by atoms with E-state index in [0.29, 0.717) is 16.5 Å². The standard InChI is InChI=1S/C27H25N5O6S/c1-36-21-11-7-18(8-12-21)26-30-31-27(32(26)20-9-13-22(37-2)14-10-20)39-17-24(33)29-28-15-19-5-3-4-6-23(19)38-16-25(34)35/h3-15H,16-17H2,1-2H3,(H2,29,33,34,35)/p+1/b28-15+. The summed E-state index contributed by atoms with van der Waals surface area (Å²) in [6.07, 6.45) is 1.40. The van der Waals surface area contributed by atoms with Crippen molar-refractivity contribution in [1.29, 1.82) is 0 Å². The number of rotatable bonds is 12. The summed E-state index contributed by atoms with van der Waals surface area (Å²) in [5.41, 5.74) is 4.71. The van der Waals surface area contributed by atoms with Gasteiger partial charge in [-0.1, -0.05) is 12.1 Å². The monoisotopic (exact) mass is 548 g/mol. The molecule has 11 nitrogen and oxygen atoms in total. The Bertz CT molecular complexity index is 1450. The van der Waals surface area contributed by atoms with Gasteiger partial charge in [0.1, 0.15) is 22.9 Å². The third kappa shape index (κ3) is 7.14. The molecule has 1 amide bonds. The van der Waals surface area contributed by atoms with Gasteiger partial charge in [0.15, 0.2) is 6.61 Å². The highest BCUT2D eigenvalue weighted by atomic mass is 32.2. The zero-order chi connectivity index (χ0) is 27.6. The van der Waals surface area contributed by atoms with Gasteiger partial charge in [-0.2, -0.15) is 9.67 Å². The summed E-state index contributed by atoms with van der Waals surface area (Å²) >= 11 is 1.23. The molecular weight excluding hydrogens is 522 g/mol. The number of carboxylic acids is 1. The molecule has 39 heavy (non-hydrogen) atoms. The van der Waals surface area contributed by atoms with Crippen LogP contribution in [0.25, 0.3) is 17.1 Å². The van der Waals surface area contributed by atoms with Gasteiger partial charge in [0, 0.05) is 5.56 Å². The molecule has 4 aromatic rings. The maximum Gasteiger partial charge on any atom is 0.342 e. The lowest BCUT2D eigenvalue weighted by Crippen LogP contribution is -2.34. The lowest BCUT2D eigenvalue weighted by Gasteiger charge is -2.07. The Morgan fingerprint density at radius 1 is 1.03 bits per heavy atom. The van der Waals surface area contributed by atoms with Crippen molar-refractivity contribution in [3.8, 4) is 34.3 Å². The van der Waals surface area contributed by atoms with Crippen LogP contribution in [0.2, 0.25) is 0 Å². The second-order valence-corrected chi connectivity index (χ2v) is 8.86. The van der Waals surface area contributed by atoms with Crippen molar-refractivity contribution < 1.29 is 33.5 Å². The Labute approximate surface area is 228 Å². The second kappa shape index (κ2) is 13.1. The largest absolute Gasteiger partial charge is 0.497 e. The summed E-state index contributed by atoms with van der Waals surface area (Å²) in [5, 5.41) is 20.9. The van der Waals surface area contributed by atoms with Crippen LogP contribution in [0.3, 0.4) is 0 Å². The number of hydrogen-bond donors (Lipinski definition) is 3. The number of ether oxygens (including phenoxy) is 3. The molecule has 0 aliphatic rings. The Balaban J connectivity index is 1.48. The highest BCUT2D eigenvalue weighted by Gasteiger charge is 2.24. The van der Waals surface area contributed by atoms with E-state index >= 15 is 0 Å². The fourth-order valence-corrected chi connectivity index (χ4v) is 4.26. The molecule has 1 aromatic heterocycles. The van der Waals surface area contributed by atoms with Crippen molar-refractivity contribution in [2.24, 2.45) is 5.10 Å². The van der Waals surface area contributed by atoms with Crippen LogP contribution in [-0.4, -0.2) is 60.0 Å². The van der Waals surface area contributed by atoms with Gasteiger partial charge >= 0.3 is 11.1 Å². The van der Waals surface area contributed by atoms with Crippen LogP contribution in [0.15, 0.2) is 83.1 Å². The van der Waals surface area contributed by atoms with Crippen LogP contribution in [-0.2, 0) is 9.59 Å². The van der Waals surface area contributed by atoms with E-state index in [1.54, 1.807) is 38.5 Å². The number of methoxy groups -OCH3 is 2. The summed E-state index contributed by atoms with van der Waals surface area (Å²) in [7, 11) is 3.21. The number of nitrogens with one attached hydrogen (secondary N) is 2. The molecule has 200 valence electrons. The van der Waals surface area contributed by atoms with Gasteiger partial charge in [-0.15, -0.1) is 5.10 Å². The lowest BCUT2D eigenvalue weighted by atomic mass is 10.2. The number of para-hydroxylation sites is 1. The number of carboxylic acid groups (broad SMARTS) is 1. The minimum absolute atomic E-state index is 0.0392. The Hall–Kier alpha value is -4.84. The number of hydrogen-bond acceptors (Lipinski definition) is 8. The summed E-state index contributed by atoms with van der Waals surface area (Å²) < 4.78 is 17.7. The summed E-state index contributed by atoms with van der Waals surface area (Å²) in [6.45, 7) is -0.482. The fraction of sp³-hybridized carbons (Fsp3) is 0.148. The first-order chi connectivity index (χ1) is 19.0. The molecule has 0 aliphatic heterocycles. The van der Waals surface area contributed by atoms with Crippen LogP contribution >= 0.6 is 11.8 Å². The summed E-state index contributed by atoms with van der Waals surface area (Å²) in [5.74, 6) is 1.12. The van der Waals surface area contributed by atoms with Gasteiger partial charge in [0.2, 0.25) is 0 Å². The normalized spacial score (nSPS) is 10.8. The first kappa shape index (κ1) is 27.2. The first-order valence-electron chi connectivity index (χ1n) is 11.7. The van der Waals surface area contributed by atoms with Gasteiger partial charge < -0.3 is 19.3 Å². The smallest absolute Gasteiger partial charge is 0.342 e. The van der Waals surface area contributed by atoms with Gasteiger partial charge in [-0.25, -0.2) is 10.2 Å². The minimum atomic E-state index is -1.09. The van der Waals surface area contributed by atoms with Crippen molar-refractivity contribution in [1.82, 2.24) is 15.6 Å². The van der Waals surface area contributed by atoms with E-state index < -0.39 is 12.6 Å². The van der Waals surface area contributed by atoms with Crippen molar-refractivity contribution >= 4 is 29.9 Å². The molecule has 3 N–H and O–H groups in total. The van der Waals surface area contributed by atoms with Crippen LogP contribution in [0, 0.1) is 0 Å². The van der Waals surface area contributed by atoms with E-state index in [-0.39, 0.29) is 11.7 Å². The number of carbonyl (C=O) groups excluding carboxylic acids is 1. The Morgan fingerprint density at radius 2 is 1.69 bits per heavy atom. The number of hydrazone groups is 1. The fourth-order valence-electron chi connectivity index (χ4n) is 3.50.